The smallest absolute Gasteiger partial charge is 0.308 e. The van der Waals surface area contributed by atoms with Crippen molar-refractivity contribution in [2.75, 3.05) is 13.1 Å². The summed E-state index contributed by atoms with van der Waals surface area (Å²) in [4.78, 5) is 29.7. The average molecular weight is 365 g/mol. The Morgan fingerprint density at radius 1 is 1.38 bits per heavy atom. The Bertz CT molecular complexity index is 762. The van der Waals surface area contributed by atoms with Crippen LogP contribution in [0.2, 0.25) is 5.02 Å². The molecule has 24 heavy (non-hydrogen) atoms. The van der Waals surface area contributed by atoms with E-state index in [0.29, 0.717) is 23.7 Å². The lowest BCUT2D eigenvalue weighted by Gasteiger charge is -2.30. The predicted octanol–water partition coefficient (Wildman–Crippen LogP) is 3.33. The van der Waals surface area contributed by atoms with Crippen molar-refractivity contribution in [2.24, 2.45) is 5.92 Å². The van der Waals surface area contributed by atoms with Crippen LogP contribution in [0.4, 0.5) is 0 Å². The first-order valence-electron chi connectivity index (χ1n) is 7.74. The maximum Gasteiger partial charge on any atom is 0.308 e. The first kappa shape index (κ1) is 16.9. The third-order valence-electron chi connectivity index (χ3n) is 4.11. The lowest BCUT2D eigenvalue weighted by atomic mass is 9.98. The number of benzene rings is 1. The van der Waals surface area contributed by atoms with Gasteiger partial charge in [0.2, 0.25) is 5.91 Å². The van der Waals surface area contributed by atoms with E-state index in [1.54, 1.807) is 4.90 Å². The summed E-state index contributed by atoms with van der Waals surface area (Å²) in [5.74, 6) is -1.36. The third-order valence-corrected chi connectivity index (χ3v) is 5.37. The van der Waals surface area contributed by atoms with Gasteiger partial charge >= 0.3 is 5.97 Å². The van der Waals surface area contributed by atoms with E-state index in [4.69, 9.17) is 16.7 Å². The summed E-state index contributed by atoms with van der Waals surface area (Å²) >= 11 is 7.63. The number of likely N-dealkylation sites (tertiary alicyclic amines) is 1. The number of carboxylic acid groups (broad SMARTS) is 1. The maximum atomic E-state index is 12.4. The van der Waals surface area contributed by atoms with Crippen molar-refractivity contribution in [3.8, 4) is 10.6 Å². The highest BCUT2D eigenvalue weighted by Gasteiger charge is 2.28. The summed E-state index contributed by atoms with van der Waals surface area (Å²) < 4.78 is 0. The Hall–Kier alpha value is -1.92. The number of hydrogen-bond donors (Lipinski definition) is 1. The molecule has 7 heteroatoms. The van der Waals surface area contributed by atoms with Crippen molar-refractivity contribution in [1.29, 1.82) is 0 Å². The lowest BCUT2D eigenvalue weighted by Crippen LogP contribution is -2.43. The highest BCUT2D eigenvalue weighted by Crippen LogP contribution is 2.30. The molecule has 1 aromatic heterocycles. The number of aromatic nitrogens is 1. The number of halogens is 1. The van der Waals surface area contributed by atoms with Gasteiger partial charge in [0.15, 0.2) is 0 Å². The van der Waals surface area contributed by atoms with E-state index in [9.17, 15) is 9.59 Å². The van der Waals surface area contributed by atoms with E-state index in [2.05, 4.69) is 4.98 Å². The molecule has 1 aliphatic rings. The molecule has 1 fully saturated rings. The van der Waals surface area contributed by atoms with Crippen molar-refractivity contribution in [2.45, 2.75) is 19.3 Å². The van der Waals surface area contributed by atoms with Gasteiger partial charge in [-0.1, -0.05) is 29.8 Å². The minimum absolute atomic E-state index is 0.0723. The second-order valence-electron chi connectivity index (χ2n) is 5.82. The Morgan fingerprint density at radius 3 is 2.92 bits per heavy atom. The number of hydrogen-bond acceptors (Lipinski definition) is 4. The van der Waals surface area contributed by atoms with Crippen molar-refractivity contribution in [1.82, 2.24) is 9.88 Å². The van der Waals surface area contributed by atoms with Gasteiger partial charge in [-0.25, -0.2) is 4.98 Å². The third kappa shape index (κ3) is 3.76. The zero-order valence-corrected chi connectivity index (χ0v) is 14.5. The van der Waals surface area contributed by atoms with Crippen LogP contribution in [-0.4, -0.2) is 40.0 Å². The molecular formula is C17H17ClN2O3S. The second kappa shape index (κ2) is 7.32. The van der Waals surface area contributed by atoms with Crippen LogP contribution in [0.3, 0.4) is 0 Å². The Balaban J connectivity index is 1.67. The predicted molar refractivity (Wildman–Crippen MR) is 93.2 cm³/mol. The standard InChI is InChI=1S/C17H17ClN2O3S/c18-14-6-2-1-5-13(14)16-19-12(10-24-16)8-15(21)20-7-3-4-11(9-20)17(22)23/h1-2,5-6,10-11H,3-4,7-9H2,(H,22,23). The zero-order valence-electron chi connectivity index (χ0n) is 12.9. The summed E-state index contributed by atoms with van der Waals surface area (Å²) in [6.45, 7) is 0.903. The molecule has 0 aliphatic carbocycles. The Kier molecular flexibility index (Phi) is 5.16. The van der Waals surface area contributed by atoms with Crippen LogP contribution in [0.25, 0.3) is 10.6 Å². The molecule has 1 unspecified atom stereocenters. The van der Waals surface area contributed by atoms with E-state index >= 15 is 0 Å². The van der Waals surface area contributed by atoms with Gasteiger partial charge < -0.3 is 10.0 Å². The lowest BCUT2D eigenvalue weighted by molar-refractivity contribution is -0.145. The molecule has 1 amide bonds. The summed E-state index contributed by atoms with van der Waals surface area (Å²) in [6.07, 6.45) is 1.55. The minimum Gasteiger partial charge on any atom is -0.481 e. The molecule has 2 heterocycles. The van der Waals surface area contributed by atoms with Gasteiger partial charge in [0.25, 0.3) is 0 Å². The van der Waals surface area contributed by atoms with Crippen molar-refractivity contribution >= 4 is 34.8 Å². The number of thiazole rings is 1. The quantitative estimate of drug-likeness (QED) is 0.903. The highest BCUT2D eigenvalue weighted by atomic mass is 35.5. The largest absolute Gasteiger partial charge is 0.481 e. The molecule has 1 aliphatic heterocycles. The Morgan fingerprint density at radius 2 is 2.17 bits per heavy atom. The fraction of sp³-hybridized carbons (Fsp3) is 0.353. The van der Waals surface area contributed by atoms with Crippen LogP contribution in [0.5, 0.6) is 0 Å². The average Bonchev–Trinajstić information content (AvgIpc) is 3.03. The van der Waals surface area contributed by atoms with Crippen LogP contribution in [0.15, 0.2) is 29.6 Å². The number of nitrogens with zero attached hydrogens (tertiary/aromatic N) is 2. The molecule has 0 saturated carbocycles. The summed E-state index contributed by atoms with van der Waals surface area (Å²) in [7, 11) is 0. The number of rotatable bonds is 4. The van der Waals surface area contributed by atoms with Crippen LogP contribution in [0, 0.1) is 5.92 Å². The van der Waals surface area contributed by atoms with E-state index < -0.39 is 11.9 Å². The number of carboxylic acids is 1. The van der Waals surface area contributed by atoms with E-state index in [0.717, 1.165) is 17.0 Å². The van der Waals surface area contributed by atoms with Gasteiger partial charge in [-0.15, -0.1) is 11.3 Å². The number of piperidine rings is 1. The molecule has 5 nitrogen and oxygen atoms in total. The molecule has 126 valence electrons. The molecule has 1 N–H and O–H groups in total. The van der Waals surface area contributed by atoms with Crippen LogP contribution in [-0.2, 0) is 16.0 Å². The monoisotopic (exact) mass is 364 g/mol. The number of carbonyl (C=O) groups is 2. The zero-order chi connectivity index (χ0) is 17.1. The van der Waals surface area contributed by atoms with Gasteiger partial charge in [0.05, 0.1) is 23.1 Å². The summed E-state index contributed by atoms with van der Waals surface area (Å²) in [6, 6.07) is 7.46. The van der Waals surface area contributed by atoms with Gasteiger partial charge in [-0.05, 0) is 18.9 Å². The van der Waals surface area contributed by atoms with Gasteiger partial charge in [-0.2, -0.15) is 0 Å². The number of aliphatic carboxylic acids is 1. The normalized spacial score (nSPS) is 17.7. The molecule has 3 rings (SSSR count). The van der Waals surface area contributed by atoms with Crippen molar-refractivity contribution in [3.05, 3.63) is 40.4 Å². The number of carbonyl (C=O) groups excluding carboxylic acids is 1. The first-order valence-corrected chi connectivity index (χ1v) is 9.00. The molecule has 0 radical (unpaired) electrons. The SMILES string of the molecule is O=C(O)C1CCCN(C(=O)Cc2csc(-c3ccccc3Cl)n2)C1. The minimum atomic E-state index is -0.831. The molecule has 0 spiro atoms. The maximum absolute atomic E-state index is 12.4. The van der Waals surface area contributed by atoms with Gasteiger partial charge in [0, 0.05) is 24.0 Å². The molecule has 1 aromatic carbocycles. The molecular weight excluding hydrogens is 348 g/mol. The van der Waals surface area contributed by atoms with E-state index in [1.165, 1.54) is 11.3 Å². The van der Waals surface area contributed by atoms with Gasteiger partial charge in [0.1, 0.15) is 5.01 Å². The highest BCUT2D eigenvalue weighted by molar-refractivity contribution is 7.13. The van der Waals surface area contributed by atoms with Gasteiger partial charge in [-0.3, -0.25) is 9.59 Å². The fourth-order valence-electron chi connectivity index (χ4n) is 2.82. The van der Waals surface area contributed by atoms with Crippen LogP contribution in [0.1, 0.15) is 18.5 Å². The summed E-state index contributed by atoms with van der Waals surface area (Å²) in [5.41, 5.74) is 1.55. The molecule has 1 atom stereocenters. The Labute approximate surface area is 148 Å². The topological polar surface area (TPSA) is 70.5 Å². The van der Waals surface area contributed by atoms with Crippen molar-refractivity contribution in [3.63, 3.8) is 0 Å². The fourth-order valence-corrected chi connectivity index (χ4v) is 3.96. The number of amides is 1. The molecule has 0 bridgehead atoms. The van der Waals surface area contributed by atoms with Crippen LogP contribution >= 0.6 is 22.9 Å². The summed E-state index contributed by atoms with van der Waals surface area (Å²) in [5, 5.41) is 12.4. The van der Waals surface area contributed by atoms with Crippen LogP contribution < -0.4 is 0 Å². The van der Waals surface area contributed by atoms with E-state index in [-0.39, 0.29) is 18.9 Å². The molecule has 1 saturated heterocycles. The van der Waals surface area contributed by atoms with E-state index in [1.807, 2.05) is 29.6 Å². The first-order chi connectivity index (χ1) is 11.5. The molecule has 2 aromatic rings. The second-order valence-corrected chi connectivity index (χ2v) is 7.08. The van der Waals surface area contributed by atoms with Crippen molar-refractivity contribution < 1.29 is 14.7 Å².